The number of benzene rings is 1. The molecule has 0 aliphatic heterocycles. The molecule has 0 saturated heterocycles. The summed E-state index contributed by atoms with van der Waals surface area (Å²) in [5.41, 5.74) is 2.11. The van der Waals surface area contributed by atoms with Gasteiger partial charge in [-0.2, -0.15) is 0 Å². The minimum atomic E-state index is -0.0313. The third kappa shape index (κ3) is 4.87. The Kier molecular flexibility index (Phi) is 5.16. The van der Waals surface area contributed by atoms with E-state index >= 15 is 0 Å². The van der Waals surface area contributed by atoms with Gasteiger partial charge in [-0.05, 0) is 49.4 Å². The van der Waals surface area contributed by atoms with Gasteiger partial charge >= 0.3 is 0 Å². The van der Waals surface area contributed by atoms with Gasteiger partial charge in [0.1, 0.15) is 0 Å². The van der Waals surface area contributed by atoms with Crippen molar-refractivity contribution in [2.45, 2.75) is 32.7 Å². The lowest BCUT2D eigenvalue weighted by Crippen LogP contribution is -2.23. The predicted octanol–water partition coefficient (Wildman–Crippen LogP) is 3.09. The molecule has 2 rings (SSSR count). The molecule has 0 radical (unpaired) electrons. The molecular formula is C16H22N2O. The molecule has 102 valence electrons. The Bertz CT molecular complexity index is 437. The van der Waals surface area contributed by atoms with Gasteiger partial charge < -0.3 is 10.6 Å². The van der Waals surface area contributed by atoms with E-state index in [1.807, 2.05) is 12.1 Å². The number of carbonyl (C=O) groups is 1. The van der Waals surface area contributed by atoms with Crippen LogP contribution in [-0.4, -0.2) is 12.5 Å². The van der Waals surface area contributed by atoms with Crippen LogP contribution in [0.1, 0.15) is 31.7 Å². The second-order valence-corrected chi connectivity index (χ2v) is 5.16. The summed E-state index contributed by atoms with van der Waals surface area (Å²) in [6.07, 6.45) is 8.28. The van der Waals surface area contributed by atoms with Crippen molar-refractivity contribution in [1.29, 1.82) is 0 Å². The van der Waals surface area contributed by atoms with Crippen LogP contribution >= 0.6 is 0 Å². The highest BCUT2D eigenvalue weighted by Crippen LogP contribution is 2.17. The maximum absolute atomic E-state index is 10.9. The summed E-state index contributed by atoms with van der Waals surface area (Å²) < 4.78 is 0. The van der Waals surface area contributed by atoms with Crippen LogP contribution in [0.3, 0.4) is 0 Å². The maximum atomic E-state index is 10.9. The molecule has 19 heavy (non-hydrogen) atoms. The molecule has 1 aliphatic carbocycles. The van der Waals surface area contributed by atoms with Crippen LogP contribution in [0.25, 0.3) is 0 Å². The second-order valence-electron chi connectivity index (χ2n) is 5.16. The van der Waals surface area contributed by atoms with Crippen LogP contribution < -0.4 is 10.6 Å². The van der Waals surface area contributed by atoms with E-state index in [9.17, 15) is 4.79 Å². The molecule has 1 amide bonds. The van der Waals surface area contributed by atoms with Gasteiger partial charge in [0, 0.05) is 19.2 Å². The molecule has 1 aliphatic rings. The molecule has 0 spiro atoms. The summed E-state index contributed by atoms with van der Waals surface area (Å²) in [7, 11) is 0. The Morgan fingerprint density at radius 1 is 1.26 bits per heavy atom. The number of hydrogen-bond acceptors (Lipinski definition) is 2. The number of hydrogen-bond donors (Lipinski definition) is 2. The first-order chi connectivity index (χ1) is 9.24. The van der Waals surface area contributed by atoms with Crippen molar-refractivity contribution < 1.29 is 4.79 Å². The summed E-state index contributed by atoms with van der Waals surface area (Å²) in [5, 5.41) is 6.28. The van der Waals surface area contributed by atoms with E-state index in [1.54, 1.807) is 0 Å². The first-order valence-electron chi connectivity index (χ1n) is 6.96. The fraction of sp³-hybridized carbons (Fsp3) is 0.438. The number of nitrogens with one attached hydrogen (secondary N) is 2. The summed E-state index contributed by atoms with van der Waals surface area (Å²) >= 11 is 0. The summed E-state index contributed by atoms with van der Waals surface area (Å²) in [6, 6.07) is 8.00. The number of allylic oxidation sites excluding steroid dienone is 2. The Morgan fingerprint density at radius 3 is 2.68 bits per heavy atom. The van der Waals surface area contributed by atoms with Crippen LogP contribution in [0.15, 0.2) is 36.4 Å². The predicted molar refractivity (Wildman–Crippen MR) is 78.9 cm³/mol. The highest BCUT2D eigenvalue weighted by Gasteiger charge is 2.08. The molecule has 0 saturated carbocycles. The minimum absolute atomic E-state index is 0.0313. The van der Waals surface area contributed by atoms with E-state index in [0.29, 0.717) is 0 Å². The minimum Gasteiger partial charge on any atom is -0.326 e. The van der Waals surface area contributed by atoms with E-state index in [-0.39, 0.29) is 5.91 Å². The van der Waals surface area contributed by atoms with Crippen molar-refractivity contribution in [2.75, 3.05) is 11.9 Å². The van der Waals surface area contributed by atoms with Crippen molar-refractivity contribution in [1.82, 2.24) is 5.32 Å². The van der Waals surface area contributed by atoms with Gasteiger partial charge in [0.15, 0.2) is 0 Å². The van der Waals surface area contributed by atoms with E-state index in [4.69, 9.17) is 0 Å². The zero-order valence-electron chi connectivity index (χ0n) is 11.5. The molecular weight excluding hydrogens is 236 g/mol. The molecule has 3 heteroatoms. The van der Waals surface area contributed by atoms with Crippen molar-refractivity contribution in [3.63, 3.8) is 0 Å². The highest BCUT2D eigenvalue weighted by molar-refractivity contribution is 5.88. The maximum Gasteiger partial charge on any atom is 0.221 e. The lowest BCUT2D eigenvalue weighted by atomic mass is 9.94. The largest absolute Gasteiger partial charge is 0.326 e. The molecule has 3 nitrogen and oxygen atoms in total. The Labute approximate surface area is 115 Å². The topological polar surface area (TPSA) is 41.1 Å². The normalized spacial score (nSPS) is 18.3. The number of carbonyl (C=O) groups excluding carboxylic acids is 1. The van der Waals surface area contributed by atoms with Crippen molar-refractivity contribution >= 4 is 11.6 Å². The molecule has 1 atom stereocenters. The first-order valence-corrected chi connectivity index (χ1v) is 6.96. The Morgan fingerprint density at radius 2 is 2.05 bits per heavy atom. The molecule has 0 fully saturated rings. The van der Waals surface area contributed by atoms with Gasteiger partial charge in [0.25, 0.3) is 0 Å². The van der Waals surface area contributed by atoms with Gasteiger partial charge in [0.05, 0.1) is 0 Å². The zero-order valence-corrected chi connectivity index (χ0v) is 11.5. The summed E-state index contributed by atoms with van der Waals surface area (Å²) in [6.45, 7) is 3.49. The smallest absolute Gasteiger partial charge is 0.221 e. The van der Waals surface area contributed by atoms with Crippen LogP contribution in [0, 0.1) is 5.92 Å². The van der Waals surface area contributed by atoms with Crippen LogP contribution in [0.5, 0.6) is 0 Å². The van der Waals surface area contributed by atoms with Gasteiger partial charge in [-0.1, -0.05) is 24.3 Å². The standard InChI is InChI=1S/C16H22N2O/c1-13(19)18-16-9-7-15(8-10-16)12-17-11-14-5-3-2-4-6-14/h2-3,7-10,14,17H,4-6,11-12H2,1H3,(H,18,19). The molecule has 1 unspecified atom stereocenters. The monoisotopic (exact) mass is 258 g/mol. The summed E-state index contributed by atoms with van der Waals surface area (Å²) in [5.74, 6) is 0.750. The van der Waals surface area contributed by atoms with Gasteiger partial charge in [0.2, 0.25) is 5.91 Å². The van der Waals surface area contributed by atoms with Gasteiger partial charge in [-0.15, -0.1) is 0 Å². The number of rotatable bonds is 5. The zero-order chi connectivity index (χ0) is 13.5. The SMILES string of the molecule is CC(=O)Nc1ccc(CNCC2CC=CCC2)cc1. The Hall–Kier alpha value is -1.61. The fourth-order valence-electron chi connectivity index (χ4n) is 2.37. The molecule has 0 heterocycles. The van der Waals surface area contributed by atoms with E-state index in [2.05, 4.69) is 34.9 Å². The van der Waals surface area contributed by atoms with Crippen LogP contribution in [0.4, 0.5) is 5.69 Å². The molecule has 2 N–H and O–H groups in total. The van der Waals surface area contributed by atoms with Crippen molar-refractivity contribution in [3.05, 3.63) is 42.0 Å². The van der Waals surface area contributed by atoms with Crippen LogP contribution in [-0.2, 0) is 11.3 Å². The average Bonchev–Trinajstić information content (AvgIpc) is 2.41. The second kappa shape index (κ2) is 7.10. The lowest BCUT2D eigenvalue weighted by Gasteiger charge is -2.18. The fourth-order valence-corrected chi connectivity index (χ4v) is 2.37. The van der Waals surface area contributed by atoms with E-state index in [0.717, 1.165) is 24.7 Å². The number of amides is 1. The molecule has 1 aromatic rings. The van der Waals surface area contributed by atoms with E-state index in [1.165, 1.54) is 31.7 Å². The Balaban J connectivity index is 1.73. The summed E-state index contributed by atoms with van der Waals surface area (Å²) in [4.78, 5) is 10.9. The van der Waals surface area contributed by atoms with Crippen molar-refractivity contribution in [2.24, 2.45) is 5.92 Å². The van der Waals surface area contributed by atoms with Crippen molar-refractivity contribution in [3.8, 4) is 0 Å². The van der Waals surface area contributed by atoms with Gasteiger partial charge in [-0.25, -0.2) is 0 Å². The molecule has 0 bridgehead atoms. The number of anilines is 1. The lowest BCUT2D eigenvalue weighted by molar-refractivity contribution is -0.114. The van der Waals surface area contributed by atoms with E-state index < -0.39 is 0 Å². The third-order valence-electron chi connectivity index (χ3n) is 3.41. The highest BCUT2D eigenvalue weighted by atomic mass is 16.1. The molecule has 1 aromatic carbocycles. The molecule has 0 aromatic heterocycles. The van der Waals surface area contributed by atoms with Gasteiger partial charge in [-0.3, -0.25) is 4.79 Å². The third-order valence-corrected chi connectivity index (χ3v) is 3.41. The first kappa shape index (κ1) is 13.8. The average molecular weight is 258 g/mol. The van der Waals surface area contributed by atoms with Crippen LogP contribution in [0.2, 0.25) is 0 Å². The quantitative estimate of drug-likeness (QED) is 0.797.